The molecule has 2 rings (SSSR count). The van der Waals surface area contributed by atoms with E-state index in [1.807, 2.05) is 0 Å². The predicted octanol–water partition coefficient (Wildman–Crippen LogP) is 4.58. The number of rotatable bonds is 6. The SMILES string of the molecule is CC(C)C(CCN)Cc1ccc(-c2cccs2)cc1. The van der Waals surface area contributed by atoms with Crippen molar-refractivity contribution in [2.75, 3.05) is 6.54 Å². The van der Waals surface area contributed by atoms with Crippen molar-refractivity contribution in [2.45, 2.75) is 26.7 Å². The standard InChI is InChI=1S/C17H23NS/c1-13(2)16(9-10-18)12-14-5-7-15(8-6-14)17-4-3-11-19-17/h3-8,11,13,16H,9-10,12,18H2,1-2H3. The lowest BCUT2D eigenvalue weighted by atomic mass is 9.86. The first kappa shape index (κ1) is 14.3. The van der Waals surface area contributed by atoms with E-state index in [4.69, 9.17) is 5.73 Å². The summed E-state index contributed by atoms with van der Waals surface area (Å²) in [6.45, 7) is 5.37. The van der Waals surface area contributed by atoms with Gasteiger partial charge in [-0.3, -0.25) is 0 Å². The molecule has 0 bridgehead atoms. The Kier molecular flexibility index (Phi) is 5.17. The molecule has 0 saturated carbocycles. The maximum atomic E-state index is 5.71. The molecule has 0 spiro atoms. The van der Waals surface area contributed by atoms with E-state index in [-0.39, 0.29) is 0 Å². The summed E-state index contributed by atoms with van der Waals surface area (Å²) < 4.78 is 0. The van der Waals surface area contributed by atoms with Crippen LogP contribution in [-0.2, 0) is 6.42 Å². The topological polar surface area (TPSA) is 26.0 Å². The summed E-state index contributed by atoms with van der Waals surface area (Å²) in [6.07, 6.45) is 2.25. The van der Waals surface area contributed by atoms with Crippen LogP contribution >= 0.6 is 11.3 Å². The summed E-state index contributed by atoms with van der Waals surface area (Å²) in [6, 6.07) is 13.3. The lowest BCUT2D eigenvalue weighted by Gasteiger charge is -2.20. The average molecular weight is 273 g/mol. The van der Waals surface area contributed by atoms with Gasteiger partial charge in [0.1, 0.15) is 0 Å². The molecule has 1 aromatic carbocycles. The second-order valence-electron chi connectivity index (χ2n) is 5.46. The van der Waals surface area contributed by atoms with Gasteiger partial charge in [-0.2, -0.15) is 0 Å². The van der Waals surface area contributed by atoms with E-state index in [0.29, 0.717) is 11.8 Å². The molecule has 2 heteroatoms. The number of hydrogen-bond acceptors (Lipinski definition) is 2. The Bertz CT molecular complexity index is 470. The van der Waals surface area contributed by atoms with Crippen molar-refractivity contribution in [2.24, 2.45) is 17.6 Å². The molecule has 2 N–H and O–H groups in total. The quantitative estimate of drug-likeness (QED) is 0.819. The van der Waals surface area contributed by atoms with Crippen LogP contribution in [0.3, 0.4) is 0 Å². The van der Waals surface area contributed by atoms with E-state index in [0.717, 1.165) is 19.4 Å². The van der Waals surface area contributed by atoms with Crippen LogP contribution in [-0.4, -0.2) is 6.54 Å². The molecule has 2 aromatic rings. The zero-order valence-electron chi connectivity index (χ0n) is 11.8. The summed E-state index contributed by atoms with van der Waals surface area (Å²) in [5.74, 6) is 1.39. The van der Waals surface area contributed by atoms with Gasteiger partial charge in [0.05, 0.1) is 0 Å². The first-order valence-electron chi connectivity index (χ1n) is 7.03. The van der Waals surface area contributed by atoms with Gasteiger partial charge in [0, 0.05) is 4.88 Å². The van der Waals surface area contributed by atoms with Crippen LogP contribution in [0.5, 0.6) is 0 Å². The molecule has 1 aromatic heterocycles. The first-order valence-corrected chi connectivity index (χ1v) is 7.91. The second kappa shape index (κ2) is 6.88. The molecule has 0 aliphatic carbocycles. The highest BCUT2D eigenvalue weighted by molar-refractivity contribution is 7.13. The zero-order chi connectivity index (χ0) is 13.7. The van der Waals surface area contributed by atoms with Gasteiger partial charge < -0.3 is 5.73 Å². The Morgan fingerprint density at radius 2 is 1.84 bits per heavy atom. The van der Waals surface area contributed by atoms with Gasteiger partial charge in [-0.25, -0.2) is 0 Å². The second-order valence-corrected chi connectivity index (χ2v) is 6.41. The van der Waals surface area contributed by atoms with Crippen molar-refractivity contribution < 1.29 is 0 Å². The largest absolute Gasteiger partial charge is 0.330 e. The van der Waals surface area contributed by atoms with E-state index < -0.39 is 0 Å². The van der Waals surface area contributed by atoms with Crippen LogP contribution in [0, 0.1) is 11.8 Å². The Morgan fingerprint density at radius 3 is 2.37 bits per heavy atom. The van der Waals surface area contributed by atoms with Crippen molar-refractivity contribution in [1.82, 2.24) is 0 Å². The summed E-state index contributed by atoms with van der Waals surface area (Å²) in [5, 5.41) is 2.12. The third kappa shape index (κ3) is 3.92. The zero-order valence-corrected chi connectivity index (χ0v) is 12.6. The molecule has 0 saturated heterocycles. The van der Waals surface area contributed by atoms with E-state index in [2.05, 4.69) is 55.6 Å². The predicted molar refractivity (Wildman–Crippen MR) is 85.5 cm³/mol. The van der Waals surface area contributed by atoms with Gasteiger partial charge >= 0.3 is 0 Å². The van der Waals surface area contributed by atoms with Crippen molar-refractivity contribution in [3.8, 4) is 10.4 Å². The summed E-state index contributed by atoms with van der Waals surface area (Å²) in [4.78, 5) is 1.34. The smallest absolute Gasteiger partial charge is 0.0342 e. The molecule has 0 aliphatic rings. The molecule has 1 atom stereocenters. The molecular formula is C17H23NS. The minimum Gasteiger partial charge on any atom is -0.330 e. The molecule has 1 heterocycles. The van der Waals surface area contributed by atoms with Crippen LogP contribution in [0.25, 0.3) is 10.4 Å². The van der Waals surface area contributed by atoms with Gasteiger partial charge in [-0.05, 0) is 53.8 Å². The minimum absolute atomic E-state index is 0.692. The fourth-order valence-electron chi connectivity index (χ4n) is 2.44. The maximum absolute atomic E-state index is 5.71. The minimum atomic E-state index is 0.692. The van der Waals surface area contributed by atoms with Crippen molar-refractivity contribution in [1.29, 1.82) is 0 Å². The lowest BCUT2D eigenvalue weighted by Crippen LogP contribution is -2.16. The highest BCUT2D eigenvalue weighted by Gasteiger charge is 2.13. The van der Waals surface area contributed by atoms with Gasteiger partial charge in [0.15, 0.2) is 0 Å². The van der Waals surface area contributed by atoms with Crippen LogP contribution in [0.2, 0.25) is 0 Å². The Hall–Kier alpha value is -1.12. The van der Waals surface area contributed by atoms with Crippen LogP contribution in [0.15, 0.2) is 41.8 Å². The molecule has 102 valence electrons. The third-order valence-electron chi connectivity index (χ3n) is 3.74. The van der Waals surface area contributed by atoms with Crippen LogP contribution in [0.1, 0.15) is 25.8 Å². The average Bonchev–Trinajstić information content (AvgIpc) is 2.93. The van der Waals surface area contributed by atoms with Crippen molar-refractivity contribution in [3.63, 3.8) is 0 Å². The molecule has 0 radical (unpaired) electrons. The molecule has 1 unspecified atom stereocenters. The number of benzene rings is 1. The molecule has 0 fully saturated rings. The maximum Gasteiger partial charge on any atom is 0.0342 e. The fraction of sp³-hybridized carbons (Fsp3) is 0.412. The Labute approximate surface area is 120 Å². The third-order valence-corrected chi connectivity index (χ3v) is 4.66. The van der Waals surface area contributed by atoms with Crippen LogP contribution < -0.4 is 5.73 Å². The van der Waals surface area contributed by atoms with E-state index in [1.54, 1.807) is 11.3 Å². The lowest BCUT2D eigenvalue weighted by molar-refractivity contribution is 0.362. The first-order chi connectivity index (χ1) is 9.20. The van der Waals surface area contributed by atoms with Crippen LogP contribution in [0.4, 0.5) is 0 Å². The summed E-state index contributed by atoms with van der Waals surface area (Å²) in [7, 11) is 0. The normalized spacial score (nSPS) is 12.8. The van der Waals surface area contributed by atoms with Gasteiger partial charge in [-0.1, -0.05) is 44.2 Å². The fourth-order valence-corrected chi connectivity index (χ4v) is 3.17. The molecule has 0 aliphatic heterocycles. The highest BCUT2D eigenvalue weighted by Crippen LogP contribution is 2.26. The van der Waals surface area contributed by atoms with Crippen molar-refractivity contribution in [3.05, 3.63) is 47.3 Å². The van der Waals surface area contributed by atoms with Gasteiger partial charge in [-0.15, -0.1) is 11.3 Å². The molecule has 19 heavy (non-hydrogen) atoms. The van der Waals surface area contributed by atoms with Crippen molar-refractivity contribution >= 4 is 11.3 Å². The summed E-state index contributed by atoms with van der Waals surface area (Å²) >= 11 is 1.79. The summed E-state index contributed by atoms with van der Waals surface area (Å²) in [5.41, 5.74) is 8.45. The molecular weight excluding hydrogens is 250 g/mol. The number of nitrogens with two attached hydrogens (primary N) is 1. The Balaban J connectivity index is 2.06. The number of thiophene rings is 1. The van der Waals surface area contributed by atoms with E-state index >= 15 is 0 Å². The molecule has 0 amide bonds. The van der Waals surface area contributed by atoms with Gasteiger partial charge in [0.25, 0.3) is 0 Å². The number of hydrogen-bond donors (Lipinski definition) is 1. The van der Waals surface area contributed by atoms with E-state index in [1.165, 1.54) is 16.0 Å². The van der Waals surface area contributed by atoms with Gasteiger partial charge in [0.2, 0.25) is 0 Å². The monoisotopic (exact) mass is 273 g/mol. The Morgan fingerprint density at radius 1 is 1.11 bits per heavy atom. The highest BCUT2D eigenvalue weighted by atomic mass is 32.1. The molecule has 1 nitrogen and oxygen atoms in total. The van der Waals surface area contributed by atoms with E-state index in [9.17, 15) is 0 Å².